The highest BCUT2D eigenvalue weighted by molar-refractivity contribution is 5.87. The third-order valence-corrected chi connectivity index (χ3v) is 3.19. The third-order valence-electron chi connectivity index (χ3n) is 3.19. The maximum Gasteiger partial charge on any atom is 0.328 e. The van der Waals surface area contributed by atoms with Crippen LogP contribution in [0.25, 0.3) is 0 Å². The van der Waals surface area contributed by atoms with Gasteiger partial charge in [-0.2, -0.15) is 0 Å². The van der Waals surface area contributed by atoms with Gasteiger partial charge >= 0.3 is 5.97 Å². The molecule has 1 atom stereocenters. The molecule has 0 radical (unpaired) electrons. The van der Waals surface area contributed by atoms with Crippen molar-refractivity contribution in [1.82, 2.24) is 4.90 Å². The van der Waals surface area contributed by atoms with Crippen LogP contribution in [0.1, 0.15) is 40.2 Å². The van der Waals surface area contributed by atoms with Gasteiger partial charge in [0.05, 0.1) is 6.61 Å². The predicted octanol–water partition coefficient (Wildman–Crippen LogP) is 3.01. The molecule has 4 heteroatoms. The second-order valence-corrected chi connectivity index (χ2v) is 6.10. The Labute approximate surface area is 127 Å². The minimum Gasteiger partial charge on any atom is -0.464 e. The highest BCUT2D eigenvalue weighted by atomic mass is 16.5. The minimum atomic E-state index is -0.600. The van der Waals surface area contributed by atoms with Crippen LogP contribution in [0.4, 0.5) is 0 Å². The van der Waals surface area contributed by atoms with E-state index in [9.17, 15) is 9.59 Å². The Balaban J connectivity index is 3.00. The van der Waals surface area contributed by atoms with E-state index < -0.39 is 11.5 Å². The molecule has 0 aliphatic heterocycles. The molecule has 21 heavy (non-hydrogen) atoms. The highest BCUT2D eigenvalue weighted by Gasteiger charge is 2.33. The van der Waals surface area contributed by atoms with Gasteiger partial charge in [0.25, 0.3) is 0 Å². The first-order valence-electron chi connectivity index (χ1n) is 7.29. The molecule has 0 saturated carbocycles. The zero-order chi connectivity index (χ0) is 16.0. The number of ether oxygens (including phenoxy) is 1. The predicted molar refractivity (Wildman–Crippen MR) is 82.5 cm³/mol. The Hall–Kier alpha value is -1.84. The summed E-state index contributed by atoms with van der Waals surface area (Å²) in [7, 11) is 0. The Bertz CT molecular complexity index is 477. The van der Waals surface area contributed by atoms with E-state index in [1.807, 2.05) is 51.1 Å². The van der Waals surface area contributed by atoms with Gasteiger partial charge in [0.15, 0.2) is 0 Å². The molecule has 0 bridgehead atoms. The molecule has 116 valence electrons. The lowest BCUT2D eigenvalue weighted by Crippen LogP contribution is -2.48. The lowest BCUT2D eigenvalue weighted by atomic mass is 9.93. The van der Waals surface area contributed by atoms with Crippen LogP contribution in [0.15, 0.2) is 30.3 Å². The number of esters is 1. The topological polar surface area (TPSA) is 46.6 Å². The molecule has 0 spiro atoms. The molecule has 4 nitrogen and oxygen atoms in total. The number of carbonyl (C=O) groups is 2. The van der Waals surface area contributed by atoms with Gasteiger partial charge in [-0.15, -0.1) is 0 Å². The van der Waals surface area contributed by atoms with E-state index in [2.05, 4.69) is 0 Å². The molecule has 0 fully saturated rings. The maximum atomic E-state index is 12.6. The maximum absolute atomic E-state index is 12.6. The molecule has 0 N–H and O–H groups in total. The van der Waals surface area contributed by atoms with E-state index in [0.29, 0.717) is 13.2 Å². The van der Waals surface area contributed by atoms with E-state index in [4.69, 9.17) is 4.74 Å². The van der Waals surface area contributed by atoms with Crippen molar-refractivity contribution in [2.45, 2.75) is 47.2 Å². The van der Waals surface area contributed by atoms with Crippen molar-refractivity contribution in [3.63, 3.8) is 0 Å². The van der Waals surface area contributed by atoms with Gasteiger partial charge in [0.2, 0.25) is 5.91 Å². The van der Waals surface area contributed by atoms with Gasteiger partial charge in [-0.25, -0.2) is 4.79 Å². The standard InChI is InChI=1S/C17H25NO3/c1-6-21-15(19)13(2)18(16(20)17(3,4)5)12-14-10-8-7-9-11-14/h7-11,13H,6,12H2,1-5H3. The van der Waals surface area contributed by atoms with Crippen LogP contribution in [-0.4, -0.2) is 29.4 Å². The van der Waals surface area contributed by atoms with Gasteiger partial charge in [0, 0.05) is 12.0 Å². The number of benzene rings is 1. The van der Waals surface area contributed by atoms with E-state index in [1.165, 1.54) is 0 Å². The van der Waals surface area contributed by atoms with E-state index in [-0.39, 0.29) is 11.9 Å². The van der Waals surface area contributed by atoms with Crippen molar-refractivity contribution in [1.29, 1.82) is 0 Å². The monoisotopic (exact) mass is 291 g/mol. The van der Waals surface area contributed by atoms with E-state index in [0.717, 1.165) is 5.56 Å². The zero-order valence-corrected chi connectivity index (χ0v) is 13.6. The first kappa shape index (κ1) is 17.2. The van der Waals surface area contributed by atoms with Crippen molar-refractivity contribution >= 4 is 11.9 Å². The van der Waals surface area contributed by atoms with E-state index >= 15 is 0 Å². The largest absolute Gasteiger partial charge is 0.464 e. The number of carbonyl (C=O) groups excluding carboxylic acids is 2. The quantitative estimate of drug-likeness (QED) is 0.783. The summed E-state index contributed by atoms with van der Waals surface area (Å²) in [5.74, 6) is -0.432. The first-order chi connectivity index (χ1) is 9.77. The van der Waals surface area contributed by atoms with Crippen LogP contribution in [0.3, 0.4) is 0 Å². The lowest BCUT2D eigenvalue weighted by molar-refractivity contribution is -0.157. The second-order valence-electron chi connectivity index (χ2n) is 6.10. The van der Waals surface area contributed by atoms with Crippen LogP contribution in [-0.2, 0) is 20.9 Å². The molecule has 0 heterocycles. The Morgan fingerprint density at radius 2 is 1.76 bits per heavy atom. The fourth-order valence-corrected chi connectivity index (χ4v) is 1.99. The van der Waals surface area contributed by atoms with Gasteiger partial charge < -0.3 is 9.64 Å². The number of hydrogen-bond acceptors (Lipinski definition) is 3. The smallest absolute Gasteiger partial charge is 0.328 e. The molecular weight excluding hydrogens is 266 g/mol. The minimum absolute atomic E-state index is 0.0630. The van der Waals surface area contributed by atoms with Crippen molar-refractivity contribution in [3.05, 3.63) is 35.9 Å². The average Bonchev–Trinajstić information content (AvgIpc) is 2.43. The number of rotatable bonds is 5. The third kappa shape index (κ3) is 4.88. The molecular formula is C17H25NO3. The number of hydrogen-bond donors (Lipinski definition) is 0. The van der Waals surface area contributed by atoms with Crippen LogP contribution in [0.5, 0.6) is 0 Å². The fraction of sp³-hybridized carbons (Fsp3) is 0.529. The van der Waals surface area contributed by atoms with Crippen molar-refractivity contribution in [3.8, 4) is 0 Å². The molecule has 0 aliphatic carbocycles. The summed E-state index contributed by atoms with van der Waals surface area (Å²) in [6.45, 7) is 9.74. The average molecular weight is 291 g/mol. The Morgan fingerprint density at radius 1 is 1.19 bits per heavy atom. The Morgan fingerprint density at radius 3 is 2.24 bits per heavy atom. The molecule has 1 amide bonds. The molecule has 1 aromatic rings. The van der Waals surface area contributed by atoms with Crippen LogP contribution < -0.4 is 0 Å². The normalized spacial score (nSPS) is 12.6. The van der Waals surface area contributed by atoms with Crippen LogP contribution in [0.2, 0.25) is 0 Å². The molecule has 0 saturated heterocycles. The zero-order valence-electron chi connectivity index (χ0n) is 13.6. The fourth-order valence-electron chi connectivity index (χ4n) is 1.99. The first-order valence-corrected chi connectivity index (χ1v) is 7.29. The number of nitrogens with zero attached hydrogens (tertiary/aromatic N) is 1. The van der Waals surface area contributed by atoms with Crippen LogP contribution in [0, 0.1) is 5.41 Å². The highest BCUT2D eigenvalue weighted by Crippen LogP contribution is 2.21. The lowest BCUT2D eigenvalue weighted by Gasteiger charge is -2.33. The molecule has 0 aromatic heterocycles. The summed E-state index contributed by atoms with van der Waals surface area (Å²) in [4.78, 5) is 26.2. The van der Waals surface area contributed by atoms with Gasteiger partial charge in [-0.3, -0.25) is 4.79 Å². The van der Waals surface area contributed by atoms with E-state index in [1.54, 1.807) is 18.7 Å². The summed E-state index contributed by atoms with van der Waals surface area (Å²) in [5, 5.41) is 0. The summed E-state index contributed by atoms with van der Waals surface area (Å²) in [6.07, 6.45) is 0. The van der Waals surface area contributed by atoms with Gasteiger partial charge in [-0.05, 0) is 19.4 Å². The summed E-state index contributed by atoms with van der Waals surface area (Å²) >= 11 is 0. The molecule has 1 aromatic carbocycles. The van der Waals surface area contributed by atoms with Crippen molar-refractivity contribution < 1.29 is 14.3 Å². The number of amides is 1. The van der Waals surface area contributed by atoms with Gasteiger partial charge in [0.1, 0.15) is 6.04 Å². The van der Waals surface area contributed by atoms with Crippen LogP contribution >= 0.6 is 0 Å². The second kappa shape index (κ2) is 7.25. The molecule has 0 aliphatic rings. The molecule has 1 unspecified atom stereocenters. The summed E-state index contributed by atoms with van der Waals surface area (Å²) in [6, 6.07) is 9.06. The van der Waals surface area contributed by atoms with Crippen molar-refractivity contribution in [2.24, 2.45) is 5.41 Å². The molecule has 1 rings (SSSR count). The van der Waals surface area contributed by atoms with Gasteiger partial charge in [-0.1, -0.05) is 51.1 Å². The van der Waals surface area contributed by atoms with Crippen molar-refractivity contribution in [2.75, 3.05) is 6.61 Å². The Kier molecular flexibility index (Phi) is 5.94. The summed E-state index contributed by atoms with van der Waals surface area (Å²) in [5.41, 5.74) is 0.446. The summed E-state index contributed by atoms with van der Waals surface area (Å²) < 4.78 is 5.05. The SMILES string of the molecule is CCOC(=O)C(C)N(Cc1ccccc1)C(=O)C(C)(C)C.